The van der Waals surface area contributed by atoms with Crippen molar-refractivity contribution in [1.82, 2.24) is 15.2 Å². The molecule has 2 heterocycles. The topological polar surface area (TPSA) is 76.8 Å². The van der Waals surface area contributed by atoms with Crippen LogP contribution < -0.4 is 10.5 Å². The molecule has 0 bridgehead atoms. The summed E-state index contributed by atoms with van der Waals surface area (Å²) in [5.74, 6) is 0.336. The number of nitrogen functional groups attached to an aromatic ring is 1. The van der Waals surface area contributed by atoms with Crippen molar-refractivity contribution in [3.8, 4) is 28.1 Å². The van der Waals surface area contributed by atoms with Gasteiger partial charge in [0.25, 0.3) is 0 Å². The Kier molecular flexibility index (Phi) is 3.27. The Balaban J connectivity index is 2.17. The van der Waals surface area contributed by atoms with Gasteiger partial charge in [-0.3, -0.25) is 10.1 Å². The average molecular weight is 284 g/mol. The molecule has 3 rings (SSSR count). The summed E-state index contributed by atoms with van der Waals surface area (Å²) in [7, 11) is 1.49. The van der Waals surface area contributed by atoms with Gasteiger partial charge >= 0.3 is 0 Å². The average Bonchev–Trinajstić information content (AvgIpc) is 2.89. The molecule has 3 N–H and O–H groups in total. The molecule has 3 aromatic rings. The zero-order valence-corrected chi connectivity index (χ0v) is 11.3. The number of hydrogen-bond donors (Lipinski definition) is 2. The van der Waals surface area contributed by atoms with Gasteiger partial charge in [0, 0.05) is 29.6 Å². The first kappa shape index (κ1) is 13.1. The number of pyridine rings is 1. The molecule has 106 valence electrons. The van der Waals surface area contributed by atoms with Crippen LogP contribution in [0.15, 0.2) is 42.7 Å². The number of hydrogen-bond acceptors (Lipinski definition) is 4. The number of methoxy groups -OCH3 is 1. The molecule has 6 heteroatoms. The SMILES string of the molecule is COc1ccc(-c2[nH]nc(N)c2-c2cccnc2)c(F)c1. The first-order valence-corrected chi connectivity index (χ1v) is 6.29. The van der Waals surface area contributed by atoms with E-state index in [1.807, 2.05) is 6.07 Å². The lowest BCUT2D eigenvalue weighted by Gasteiger charge is -2.07. The van der Waals surface area contributed by atoms with Crippen LogP contribution in [-0.2, 0) is 0 Å². The van der Waals surface area contributed by atoms with Crippen LogP contribution in [-0.4, -0.2) is 22.3 Å². The molecule has 0 fully saturated rings. The molecule has 0 aliphatic carbocycles. The smallest absolute Gasteiger partial charge is 0.153 e. The number of anilines is 1. The van der Waals surface area contributed by atoms with Crippen LogP contribution in [0.3, 0.4) is 0 Å². The van der Waals surface area contributed by atoms with Crippen LogP contribution >= 0.6 is 0 Å². The lowest BCUT2D eigenvalue weighted by atomic mass is 10.0. The summed E-state index contributed by atoms with van der Waals surface area (Å²) in [5.41, 5.74) is 8.19. The monoisotopic (exact) mass is 284 g/mol. The molecular weight excluding hydrogens is 271 g/mol. The van der Waals surface area contributed by atoms with Gasteiger partial charge in [-0.2, -0.15) is 5.10 Å². The summed E-state index contributed by atoms with van der Waals surface area (Å²) in [6.07, 6.45) is 3.32. The van der Waals surface area contributed by atoms with Gasteiger partial charge in [-0.1, -0.05) is 6.07 Å². The second-order valence-electron chi connectivity index (χ2n) is 4.45. The number of nitrogens with two attached hydrogens (primary N) is 1. The molecule has 21 heavy (non-hydrogen) atoms. The number of nitrogens with one attached hydrogen (secondary N) is 1. The molecule has 0 amide bonds. The number of benzene rings is 1. The lowest BCUT2D eigenvalue weighted by Crippen LogP contribution is -1.92. The third-order valence-electron chi connectivity index (χ3n) is 3.19. The Labute approximate surface area is 120 Å². The van der Waals surface area contributed by atoms with Crippen LogP contribution in [0.5, 0.6) is 5.75 Å². The van der Waals surface area contributed by atoms with Crippen molar-refractivity contribution in [2.24, 2.45) is 0 Å². The fourth-order valence-electron chi connectivity index (χ4n) is 2.18. The van der Waals surface area contributed by atoms with Crippen molar-refractivity contribution >= 4 is 5.82 Å². The number of H-pyrrole nitrogens is 1. The molecule has 0 saturated heterocycles. The number of ether oxygens (including phenoxy) is 1. The molecule has 5 nitrogen and oxygen atoms in total. The van der Waals surface area contributed by atoms with E-state index in [1.54, 1.807) is 30.6 Å². The Morgan fingerprint density at radius 3 is 2.81 bits per heavy atom. The summed E-state index contributed by atoms with van der Waals surface area (Å²) in [4.78, 5) is 4.06. The predicted molar refractivity (Wildman–Crippen MR) is 78.2 cm³/mol. The molecule has 0 atom stereocenters. The van der Waals surface area contributed by atoms with Gasteiger partial charge in [0.05, 0.1) is 18.4 Å². The first-order valence-electron chi connectivity index (χ1n) is 6.29. The van der Waals surface area contributed by atoms with Crippen LogP contribution in [0.4, 0.5) is 10.2 Å². The minimum atomic E-state index is -0.414. The normalized spacial score (nSPS) is 10.6. The third kappa shape index (κ3) is 2.31. The van der Waals surface area contributed by atoms with E-state index in [1.165, 1.54) is 13.2 Å². The molecule has 0 saturated carbocycles. The van der Waals surface area contributed by atoms with E-state index in [2.05, 4.69) is 15.2 Å². The highest BCUT2D eigenvalue weighted by Gasteiger charge is 2.18. The Bertz CT molecular complexity index is 771. The van der Waals surface area contributed by atoms with Gasteiger partial charge in [0.1, 0.15) is 11.6 Å². The van der Waals surface area contributed by atoms with E-state index in [0.717, 1.165) is 5.56 Å². The summed E-state index contributed by atoms with van der Waals surface area (Å²) < 4.78 is 19.2. The highest BCUT2D eigenvalue weighted by Crippen LogP contribution is 2.36. The van der Waals surface area contributed by atoms with E-state index in [9.17, 15) is 4.39 Å². The van der Waals surface area contributed by atoms with E-state index >= 15 is 0 Å². The third-order valence-corrected chi connectivity index (χ3v) is 3.19. The molecule has 0 radical (unpaired) electrons. The molecule has 0 aliphatic heterocycles. The second kappa shape index (κ2) is 5.24. The van der Waals surface area contributed by atoms with Crippen molar-refractivity contribution in [2.75, 3.05) is 12.8 Å². The predicted octanol–water partition coefficient (Wildman–Crippen LogP) is 2.87. The Morgan fingerprint density at radius 2 is 2.14 bits per heavy atom. The minimum Gasteiger partial charge on any atom is -0.497 e. The van der Waals surface area contributed by atoms with Gasteiger partial charge in [-0.25, -0.2) is 4.39 Å². The molecule has 2 aromatic heterocycles. The van der Waals surface area contributed by atoms with E-state index < -0.39 is 5.82 Å². The number of halogens is 1. The Morgan fingerprint density at radius 1 is 1.29 bits per heavy atom. The molecule has 0 aliphatic rings. The zero-order chi connectivity index (χ0) is 14.8. The fourth-order valence-corrected chi connectivity index (χ4v) is 2.18. The summed E-state index contributed by atoms with van der Waals surface area (Å²) in [5, 5.41) is 6.76. The maximum Gasteiger partial charge on any atom is 0.153 e. The van der Waals surface area contributed by atoms with E-state index in [4.69, 9.17) is 10.5 Å². The van der Waals surface area contributed by atoms with Crippen molar-refractivity contribution in [3.63, 3.8) is 0 Å². The van der Waals surface area contributed by atoms with Gasteiger partial charge in [0.15, 0.2) is 5.82 Å². The van der Waals surface area contributed by atoms with Crippen molar-refractivity contribution in [3.05, 3.63) is 48.5 Å². The quantitative estimate of drug-likeness (QED) is 0.775. The Hall–Kier alpha value is -2.89. The second-order valence-corrected chi connectivity index (χ2v) is 4.45. The van der Waals surface area contributed by atoms with Crippen molar-refractivity contribution in [1.29, 1.82) is 0 Å². The van der Waals surface area contributed by atoms with Gasteiger partial charge in [-0.05, 0) is 18.2 Å². The maximum atomic E-state index is 14.2. The lowest BCUT2D eigenvalue weighted by molar-refractivity contribution is 0.411. The van der Waals surface area contributed by atoms with Crippen molar-refractivity contribution in [2.45, 2.75) is 0 Å². The molecular formula is C15H13FN4O. The van der Waals surface area contributed by atoms with Gasteiger partial charge < -0.3 is 10.5 Å². The van der Waals surface area contributed by atoms with E-state index in [0.29, 0.717) is 28.4 Å². The highest BCUT2D eigenvalue weighted by atomic mass is 19.1. The fraction of sp³-hybridized carbons (Fsp3) is 0.0667. The first-order chi connectivity index (χ1) is 10.2. The zero-order valence-electron chi connectivity index (χ0n) is 11.3. The van der Waals surface area contributed by atoms with E-state index in [-0.39, 0.29) is 0 Å². The number of aromatic amines is 1. The summed E-state index contributed by atoms with van der Waals surface area (Å²) >= 11 is 0. The largest absolute Gasteiger partial charge is 0.497 e. The number of rotatable bonds is 3. The van der Waals surface area contributed by atoms with Gasteiger partial charge in [-0.15, -0.1) is 0 Å². The van der Waals surface area contributed by atoms with Crippen LogP contribution in [0.1, 0.15) is 0 Å². The summed E-state index contributed by atoms with van der Waals surface area (Å²) in [6, 6.07) is 8.26. The van der Waals surface area contributed by atoms with Crippen LogP contribution in [0, 0.1) is 5.82 Å². The minimum absolute atomic E-state index is 0.299. The van der Waals surface area contributed by atoms with Gasteiger partial charge in [0.2, 0.25) is 0 Å². The molecule has 1 aromatic carbocycles. The van der Waals surface area contributed by atoms with Crippen LogP contribution in [0.2, 0.25) is 0 Å². The number of nitrogens with zero attached hydrogens (tertiary/aromatic N) is 2. The highest BCUT2D eigenvalue weighted by molar-refractivity contribution is 5.87. The number of aromatic nitrogens is 3. The van der Waals surface area contributed by atoms with Crippen LogP contribution in [0.25, 0.3) is 22.4 Å². The molecule has 0 unspecified atom stereocenters. The summed E-state index contributed by atoms with van der Waals surface area (Å²) in [6.45, 7) is 0. The van der Waals surface area contributed by atoms with Crippen molar-refractivity contribution < 1.29 is 9.13 Å². The maximum absolute atomic E-state index is 14.2. The molecule has 0 spiro atoms. The standard InChI is InChI=1S/C15H13FN4O/c1-21-10-4-5-11(12(16)7-10)14-13(15(17)20-19-14)9-3-2-6-18-8-9/h2-8H,1H3,(H3,17,19,20).